The van der Waals surface area contributed by atoms with Gasteiger partial charge in [-0.2, -0.15) is 11.8 Å². The molecule has 3 amide bonds. The number of para-hydroxylation sites is 1. The van der Waals surface area contributed by atoms with E-state index in [9.17, 15) is 9.59 Å². The predicted molar refractivity (Wildman–Crippen MR) is 115 cm³/mol. The zero-order valence-electron chi connectivity index (χ0n) is 17.0. The van der Waals surface area contributed by atoms with E-state index in [-0.39, 0.29) is 29.6 Å². The summed E-state index contributed by atoms with van der Waals surface area (Å²) in [4.78, 5) is 24.3. The Bertz CT molecular complexity index is 751. The van der Waals surface area contributed by atoms with Gasteiger partial charge in [0, 0.05) is 23.0 Å². The summed E-state index contributed by atoms with van der Waals surface area (Å²) in [6.07, 6.45) is 7.65. The molecule has 6 nitrogen and oxygen atoms in total. The maximum atomic E-state index is 12.8. The number of ether oxygens (including phenoxy) is 1. The summed E-state index contributed by atoms with van der Waals surface area (Å²) < 4.78 is 5.57. The van der Waals surface area contributed by atoms with Crippen LogP contribution in [0.4, 0.5) is 4.79 Å². The number of hydrogen-bond donors (Lipinski definition) is 3. The van der Waals surface area contributed by atoms with Gasteiger partial charge in [0.25, 0.3) is 0 Å². The zero-order chi connectivity index (χ0) is 20.3. The third-order valence-corrected chi connectivity index (χ3v) is 8.05. The molecule has 7 heteroatoms. The highest BCUT2D eigenvalue weighted by Crippen LogP contribution is 2.42. The normalized spacial score (nSPS) is 27.2. The number of methoxy groups -OCH3 is 1. The third kappa shape index (κ3) is 4.34. The minimum absolute atomic E-state index is 0.0390. The average molecular weight is 418 g/mol. The number of amides is 3. The number of nitrogens with one attached hydrogen (secondary N) is 3. The molecule has 4 rings (SSSR count). The summed E-state index contributed by atoms with van der Waals surface area (Å²) in [6, 6.07) is 8.53. The van der Waals surface area contributed by atoms with Crippen LogP contribution < -0.4 is 20.7 Å². The van der Waals surface area contributed by atoms with Crippen molar-refractivity contribution in [3.8, 4) is 5.75 Å². The molecule has 0 bridgehead atoms. The van der Waals surface area contributed by atoms with Gasteiger partial charge in [0.2, 0.25) is 5.91 Å². The minimum Gasteiger partial charge on any atom is -0.496 e. The lowest BCUT2D eigenvalue weighted by Gasteiger charge is -2.32. The Balaban J connectivity index is 1.28. The van der Waals surface area contributed by atoms with Crippen LogP contribution in [0.5, 0.6) is 5.75 Å². The lowest BCUT2D eigenvalue weighted by atomic mass is 9.87. The van der Waals surface area contributed by atoms with Crippen molar-refractivity contribution in [2.24, 2.45) is 0 Å². The molecular formula is C22H31N3O3S. The van der Waals surface area contributed by atoms with Crippen molar-refractivity contribution in [3.63, 3.8) is 0 Å². The van der Waals surface area contributed by atoms with Gasteiger partial charge in [-0.25, -0.2) is 4.79 Å². The molecule has 0 spiro atoms. The summed E-state index contributed by atoms with van der Waals surface area (Å²) in [5.41, 5.74) is 0.809. The summed E-state index contributed by atoms with van der Waals surface area (Å²) in [5.74, 6) is 1.97. The van der Waals surface area contributed by atoms with Crippen LogP contribution in [0.1, 0.15) is 56.9 Å². The maximum Gasteiger partial charge on any atom is 0.315 e. The van der Waals surface area contributed by atoms with Gasteiger partial charge in [-0.15, -0.1) is 0 Å². The molecule has 1 aromatic rings. The van der Waals surface area contributed by atoms with Crippen molar-refractivity contribution >= 4 is 23.7 Å². The zero-order valence-corrected chi connectivity index (χ0v) is 17.9. The summed E-state index contributed by atoms with van der Waals surface area (Å²) in [6.45, 7) is 0. The van der Waals surface area contributed by atoms with Gasteiger partial charge in [-0.1, -0.05) is 37.5 Å². The summed E-state index contributed by atoms with van der Waals surface area (Å²) in [5, 5.41) is 9.83. The quantitative estimate of drug-likeness (QED) is 0.448. The molecule has 3 aliphatic rings. The molecule has 29 heavy (non-hydrogen) atoms. The van der Waals surface area contributed by atoms with Crippen LogP contribution in [-0.2, 0) is 10.3 Å². The van der Waals surface area contributed by atoms with E-state index >= 15 is 0 Å². The largest absolute Gasteiger partial charge is 0.496 e. The van der Waals surface area contributed by atoms with Crippen LogP contribution >= 0.6 is 11.8 Å². The van der Waals surface area contributed by atoms with E-state index in [1.165, 1.54) is 0 Å². The minimum atomic E-state index is -0.294. The van der Waals surface area contributed by atoms with Crippen molar-refractivity contribution in [1.82, 2.24) is 16.0 Å². The number of rotatable bonds is 8. The highest BCUT2D eigenvalue weighted by Gasteiger charge is 2.42. The number of carbonyl (C=O) groups excluding carboxylic acids is 2. The molecule has 2 aliphatic heterocycles. The fraction of sp³-hybridized carbons (Fsp3) is 0.636. The van der Waals surface area contributed by atoms with E-state index in [2.05, 4.69) is 22.0 Å². The smallest absolute Gasteiger partial charge is 0.315 e. The number of urea groups is 1. The van der Waals surface area contributed by atoms with Crippen molar-refractivity contribution in [3.05, 3.63) is 29.8 Å². The van der Waals surface area contributed by atoms with Crippen molar-refractivity contribution < 1.29 is 14.3 Å². The second-order valence-corrected chi connectivity index (χ2v) is 9.68. The summed E-state index contributed by atoms with van der Waals surface area (Å²) in [7, 11) is 1.69. The van der Waals surface area contributed by atoms with Gasteiger partial charge < -0.3 is 20.7 Å². The topological polar surface area (TPSA) is 79.5 Å². The molecule has 0 radical (unpaired) electrons. The predicted octanol–water partition coefficient (Wildman–Crippen LogP) is 3.31. The van der Waals surface area contributed by atoms with E-state index in [0.29, 0.717) is 11.7 Å². The van der Waals surface area contributed by atoms with Gasteiger partial charge in [0.1, 0.15) is 5.75 Å². The molecule has 2 saturated heterocycles. The van der Waals surface area contributed by atoms with Crippen LogP contribution in [0.2, 0.25) is 0 Å². The maximum absolute atomic E-state index is 12.8. The van der Waals surface area contributed by atoms with Crippen molar-refractivity contribution in [2.75, 3.05) is 12.9 Å². The number of unbranched alkanes of at least 4 members (excludes halogenated alkanes) is 1. The van der Waals surface area contributed by atoms with E-state index in [1.807, 2.05) is 30.0 Å². The molecular weight excluding hydrogens is 386 g/mol. The fourth-order valence-corrected chi connectivity index (χ4v) is 6.63. The van der Waals surface area contributed by atoms with Gasteiger partial charge in [0.15, 0.2) is 0 Å². The first-order valence-corrected chi connectivity index (χ1v) is 11.8. The molecule has 2 heterocycles. The van der Waals surface area contributed by atoms with Crippen LogP contribution in [0.15, 0.2) is 24.3 Å². The Morgan fingerprint density at radius 3 is 2.83 bits per heavy atom. The van der Waals surface area contributed by atoms with E-state index in [4.69, 9.17) is 4.74 Å². The monoisotopic (exact) mass is 417 g/mol. The Kier molecular flexibility index (Phi) is 6.23. The number of thioether (sulfide) groups is 1. The number of hydrogen-bond acceptors (Lipinski definition) is 4. The van der Waals surface area contributed by atoms with Crippen LogP contribution in [0, 0.1) is 0 Å². The molecule has 0 aromatic heterocycles. The first-order chi connectivity index (χ1) is 14.1. The SMILES string of the molecule is COc1ccccc1C1(NC(=O)CCCC[C@H]2SC[C@H]3NC(=O)N[C@@H]32)CCCC1. The second-order valence-electron chi connectivity index (χ2n) is 8.41. The Morgan fingerprint density at radius 2 is 2.03 bits per heavy atom. The molecule has 1 saturated carbocycles. The first kappa shape index (κ1) is 20.4. The fourth-order valence-electron chi connectivity index (χ4n) is 5.08. The van der Waals surface area contributed by atoms with Gasteiger partial charge >= 0.3 is 6.03 Å². The molecule has 0 unspecified atom stereocenters. The Labute approximate surface area is 176 Å². The van der Waals surface area contributed by atoms with Crippen LogP contribution in [0.25, 0.3) is 0 Å². The van der Waals surface area contributed by atoms with Crippen LogP contribution in [0.3, 0.4) is 0 Å². The van der Waals surface area contributed by atoms with Crippen molar-refractivity contribution in [2.45, 2.75) is 74.2 Å². The van der Waals surface area contributed by atoms with E-state index < -0.39 is 0 Å². The van der Waals surface area contributed by atoms with Gasteiger partial charge in [-0.05, 0) is 31.7 Å². The molecule has 3 atom stereocenters. The number of carbonyl (C=O) groups is 2. The van der Waals surface area contributed by atoms with Gasteiger partial charge in [-0.3, -0.25) is 4.79 Å². The molecule has 3 fully saturated rings. The molecule has 1 aromatic carbocycles. The highest BCUT2D eigenvalue weighted by atomic mass is 32.2. The standard InChI is InChI=1S/C22H31N3O3S/c1-28-17-9-3-2-8-15(17)22(12-6-7-13-22)25-19(26)11-5-4-10-18-20-16(14-29-18)23-21(27)24-20/h2-3,8-9,16,18,20H,4-7,10-14H2,1H3,(H,25,26)(H2,23,24,27)/t16-,18-,20+/m1/s1. The van der Waals surface area contributed by atoms with E-state index in [0.717, 1.165) is 62.0 Å². The molecule has 3 N–H and O–H groups in total. The average Bonchev–Trinajstić information content (AvgIpc) is 3.42. The third-order valence-electron chi connectivity index (χ3n) is 6.54. The second kappa shape index (κ2) is 8.86. The lowest BCUT2D eigenvalue weighted by molar-refractivity contribution is -0.123. The first-order valence-electron chi connectivity index (χ1n) is 10.7. The number of benzene rings is 1. The highest BCUT2D eigenvalue weighted by molar-refractivity contribution is 8.00. The van der Waals surface area contributed by atoms with E-state index in [1.54, 1.807) is 7.11 Å². The molecule has 1 aliphatic carbocycles. The van der Waals surface area contributed by atoms with Crippen LogP contribution in [-0.4, -0.2) is 42.1 Å². The van der Waals surface area contributed by atoms with Crippen molar-refractivity contribution in [1.29, 1.82) is 0 Å². The lowest BCUT2D eigenvalue weighted by Crippen LogP contribution is -2.44. The molecule has 158 valence electrons. The Hall–Kier alpha value is -1.89. The Morgan fingerprint density at radius 1 is 1.24 bits per heavy atom. The number of fused-ring (bicyclic) bond motifs is 1. The summed E-state index contributed by atoms with van der Waals surface area (Å²) >= 11 is 1.93. The van der Waals surface area contributed by atoms with Gasteiger partial charge in [0.05, 0.1) is 24.7 Å².